The number of carbonyl (C=O) groups is 3. The molecule has 31 heavy (non-hydrogen) atoms. The highest BCUT2D eigenvalue weighted by molar-refractivity contribution is 6.36. The summed E-state index contributed by atoms with van der Waals surface area (Å²) in [6.07, 6.45) is 3.55. The van der Waals surface area contributed by atoms with E-state index in [1.54, 1.807) is 18.2 Å². The fourth-order valence-corrected chi connectivity index (χ4v) is 4.07. The number of aromatic nitrogens is 1. The molecule has 1 aromatic heterocycles. The summed E-state index contributed by atoms with van der Waals surface area (Å²) < 4.78 is 0. The molecule has 0 aliphatic carbocycles. The van der Waals surface area contributed by atoms with Crippen molar-refractivity contribution in [1.82, 2.24) is 15.6 Å². The lowest BCUT2D eigenvalue weighted by molar-refractivity contribution is -0.125. The number of aromatic amines is 1. The molecule has 4 rings (SSSR count). The van der Waals surface area contributed by atoms with Gasteiger partial charge in [-0.2, -0.15) is 0 Å². The van der Waals surface area contributed by atoms with E-state index in [-0.39, 0.29) is 17.7 Å². The quantitative estimate of drug-likeness (QED) is 0.410. The van der Waals surface area contributed by atoms with Crippen LogP contribution in [0.25, 0.3) is 11.1 Å². The van der Waals surface area contributed by atoms with Gasteiger partial charge in [0.25, 0.3) is 5.91 Å². The molecule has 0 unspecified atom stereocenters. The highest BCUT2D eigenvalue weighted by Crippen LogP contribution is 2.38. The van der Waals surface area contributed by atoms with Gasteiger partial charge >= 0.3 is 6.03 Å². The number of hydrogen-bond acceptors (Lipinski definition) is 4. The number of nitrogens with one attached hydrogen (secondary N) is 5. The minimum absolute atomic E-state index is 0.0606. The fourth-order valence-electron chi connectivity index (χ4n) is 4.07. The predicted molar refractivity (Wildman–Crippen MR) is 119 cm³/mol. The van der Waals surface area contributed by atoms with Crippen molar-refractivity contribution in [2.45, 2.75) is 26.3 Å². The molecule has 9 nitrogen and oxygen atoms in total. The van der Waals surface area contributed by atoms with Gasteiger partial charge in [0.1, 0.15) is 0 Å². The van der Waals surface area contributed by atoms with E-state index in [2.05, 4.69) is 26.3 Å². The molecule has 1 aromatic carbocycles. The second kappa shape index (κ2) is 8.65. The van der Waals surface area contributed by atoms with Crippen LogP contribution in [0.2, 0.25) is 0 Å². The van der Waals surface area contributed by atoms with Crippen LogP contribution in [0.5, 0.6) is 0 Å². The highest BCUT2D eigenvalue weighted by atomic mass is 16.2. The third-order valence-electron chi connectivity index (χ3n) is 5.73. The molecular weight excluding hydrogens is 396 g/mol. The second-order valence-corrected chi connectivity index (χ2v) is 7.87. The maximum Gasteiger partial charge on any atom is 0.316 e. The second-order valence-electron chi connectivity index (χ2n) is 7.87. The standard InChI is InChI=1S/C22H26N6O3/c1-12(19-16-9-15(27-22(23)31)2-3-17(16)28-21(19)30)18-8-13(10-25-18)11-26-20(29)14-4-6-24-7-5-14/h2-3,8-10,14,24-25H,4-7,11H2,1H3,(H,26,29)(H,28,30)(H3,23,27,31)/b19-12+. The minimum atomic E-state index is -0.667. The average Bonchev–Trinajstić information content (AvgIpc) is 3.35. The Labute approximate surface area is 179 Å². The van der Waals surface area contributed by atoms with Crippen LogP contribution in [0.1, 0.15) is 36.6 Å². The van der Waals surface area contributed by atoms with Crippen molar-refractivity contribution < 1.29 is 14.4 Å². The van der Waals surface area contributed by atoms with Crippen molar-refractivity contribution in [3.8, 4) is 0 Å². The summed E-state index contributed by atoms with van der Waals surface area (Å²) in [7, 11) is 0. The summed E-state index contributed by atoms with van der Waals surface area (Å²) in [6.45, 7) is 4.04. The molecule has 1 fully saturated rings. The Balaban J connectivity index is 1.51. The summed E-state index contributed by atoms with van der Waals surface area (Å²) in [5.74, 6) is -0.0672. The lowest BCUT2D eigenvalue weighted by Crippen LogP contribution is -2.37. The Morgan fingerprint density at radius 2 is 1.97 bits per heavy atom. The Hall–Kier alpha value is -3.59. The molecule has 3 heterocycles. The van der Waals surface area contributed by atoms with Crippen molar-refractivity contribution in [1.29, 1.82) is 0 Å². The van der Waals surface area contributed by atoms with E-state index >= 15 is 0 Å². The molecule has 162 valence electrons. The molecule has 7 N–H and O–H groups in total. The van der Waals surface area contributed by atoms with E-state index in [0.717, 1.165) is 42.8 Å². The minimum Gasteiger partial charge on any atom is -0.361 e. The molecular formula is C22H26N6O3. The summed E-state index contributed by atoms with van der Waals surface area (Å²) >= 11 is 0. The summed E-state index contributed by atoms with van der Waals surface area (Å²) in [5, 5.41) is 11.6. The van der Waals surface area contributed by atoms with E-state index in [0.29, 0.717) is 29.1 Å². The number of urea groups is 1. The van der Waals surface area contributed by atoms with E-state index in [1.807, 2.05) is 19.2 Å². The average molecular weight is 422 g/mol. The Bertz CT molecular complexity index is 1060. The van der Waals surface area contributed by atoms with Crippen LogP contribution >= 0.6 is 0 Å². The SMILES string of the molecule is C/C(=C1\C(=O)Nc2ccc(NC(N)=O)cc21)c1cc(CNC(=O)C2CCNCC2)c[nH]1. The van der Waals surface area contributed by atoms with Crippen molar-refractivity contribution in [3.63, 3.8) is 0 Å². The number of rotatable bonds is 5. The molecule has 2 aliphatic heterocycles. The number of hydrogen-bond donors (Lipinski definition) is 6. The number of H-pyrrole nitrogens is 1. The van der Waals surface area contributed by atoms with Crippen LogP contribution in [0.3, 0.4) is 0 Å². The Morgan fingerprint density at radius 1 is 1.19 bits per heavy atom. The van der Waals surface area contributed by atoms with Gasteiger partial charge in [0.2, 0.25) is 5.91 Å². The van der Waals surface area contributed by atoms with Gasteiger partial charge in [-0.3, -0.25) is 9.59 Å². The number of benzene rings is 1. The van der Waals surface area contributed by atoms with Crippen LogP contribution in [0, 0.1) is 5.92 Å². The van der Waals surface area contributed by atoms with Gasteiger partial charge in [-0.1, -0.05) is 0 Å². The monoisotopic (exact) mass is 422 g/mol. The van der Waals surface area contributed by atoms with Crippen LogP contribution in [0.15, 0.2) is 30.5 Å². The van der Waals surface area contributed by atoms with Crippen LogP contribution < -0.4 is 27.0 Å². The van der Waals surface area contributed by atoms with E-state index in [1.165, 1.54) is 0 Å². The Morgan fingerprint density at radius 3 is 2.71 bits per heavy atom. The normalized spacial score (nSPS) is 17.6. The first-order chi connectivity index (χ1) is 14.9. The Kier molecular flexibility index (Phi) is 5.77. The first-order valence-corrected chi connectivity index (χ1v) is 10.3. The first kappa shape index (κ1) is 20.7. The molecule has 0 saturated carbocycles. The number of allylic oxidation sites excluding steroid dienone is 1. The number of fused-ring (bicyclic) bond motifs is 1. The van der Waals surface area contributed by atoms with Crippen molar-refractivity contribution in [3.05, 3.63) is 47.3 Å². The van der Waals surface area contributed by atoms with Gasteiger partial charge in [0, 0.05) is 41.3 Å². The number of carbonyl (C=O) groups excluding carboxylic acids is 3. The molecule has 0 spiro atoms. The van der Waals surface area contributed by atoms with E-state index < -0.39 is 6.03 Å². The van der Waals surface area contributed by atoms with E-state index in [9.17, 15) is 14.4 Å². The molecule has 0 atom stereocenters. The third-order valence-corrected chi connectivity index (χ3v) is 5.73. The van der Waals surface area contributed by atoms with Crippen LogP contribution in [0.4, 0.5) is 16.2 Å². The zero-order chi connectivity index (χ0) is 22.0. The molecule has 9 heteroatoms. The number of piperidine rings is 1. The van der Waals surface area contributed by atoms with Gasteiger partial charge in [-0.15, -0.1) is 0 Å². The van der Waals surface area contributed by atoms with Crippen LogP contribution in [-0.2, 0) is 16.1 Å². The number of anilines is 2. The van der Waals surface area contributed by atoms with Gasteiger partial charge < -0.3 is 32.0 Å². The molecule has 0 bridgehead atoms. The number of nitrogens with two attached hydrogens (primary N) is 1. The molecule has 0 radical (unpaired) electrons. The smallest absolute Gasteiger partial charge is 0.316 e. The van der Waals surface area contributed by atoms with Crippen molar-refractivity contribution in [2.24, 2.45) is 11.7 Å². The first-order valence-electron chi connectivity index (χ1n) is 10.3. The van der Waals surface area contributed by atoms with E-state index in [4.69, 9.17) is 5.73 Å². The zero-order valence-corrected chi connectivity index (χ0v) is 17.3. The van der Waals surface area contributed by atoms with Gasteiger partial charge in [-0.25, -0.2) is 4.79 Å². The van der Waals surface area contributed by atoms with Gasteiger partial charge in [0.05, 0.1) is 5.57 Å². The van der Waals surface area contributed by atoms with Crippen LogP contribution in [-0.4, -0.2) is 35.9 Å². The van der Waals surface area contributed by atoms with Gasteiger partial charge in [0.15, 0.2) is 0 Å². The number of amides is 4. The maximum absolute atomic E-state index is 12.6. The lowest BCUT2D eigenvalue weighted by Gasteiger charge is -2.21. The molecule has 1 saturated heterocycles. The maximum atomic E-state index is 12.6. The highest BCUT2D eigenvalue weighted by Gasteiger charge is 2.27. The molecule has 2 aromatic rings. The molecule has 4 amide bonds. The van der Waals surface area contributed by atoms with Crippen molar-refractivity contribution >= 4 is 40.4 Å². The fraction of sp³-hybridized carbons (Fsp3) is 0.318. The zero-order valence-electron chi connectivity index (χ0n) is 17.3. The summed E-state index contributed by atoms with van der Waals surface area (Å²) in [5.41, 5.74) is 10.1. The van der Waals surface area contributed by atoms with Gasteiger partial charge in [-0.05, 0) is 68.3 Å². The third kappa shape index (κ3) is 4.46. The predicted octanol–water partition coefficient (Wildman–Crippen LogP) is 2.00. The summed E-state index contributed by atoms with van der Waals surface area (Å²) in [6, 6.07) is 6.40. The topological polar surface area (TPSA) is 141 Å². The number of primary amides is 1. The van der Waals surface area contributed by atoms with Crippen molar-refractivity contribution in [2.75, 3.05) is 23.7 Å². The lowest BCUT2D eigenvalue weighted by atomic mass is 9.97. The molecule has 2 aliphatic rings. The largest absolute Gasteiger partial charge is 0.361 e. The summed E-state index contributed by atoms with van der Waals surface area (Å²) in [4.78, 5) is 39.3.